The largest absolute Gasteiger partial charge is 0.382 e. The summed E-state index contributed by atoms with van der Waals surface area (Å²) < 4.78 is 0. The molecule has 0 aliphatic heterocycles. The Morgan fingerprint density at radius 1 is 1.14 bits per heavy atom. The van der Waals surface area contributed by atoms with E-state index in [0.717, 1.165) is 22.5 Å². The molecule has 2 N–H and O–H groups in total. The maximum atomic E-state index is 12.2. The zero-order chi connectivity index (χ0) is 15.4. The van der Waals surface area contributed by atoms with Crippen molar-refractivity contribution in [3.8, 4) is 0 Å². The van der Waals surface area contributed by atoms with E-state index in [1.807, 2.05) is 38.1 Å². The van der Waals surface area contributed by atoms with Gasteiger partial charge >= 0.3 is 0 Å². The molecule has 2 aromatic rings. The Bertz CT molecular complexity index is 633. The van der Waals surface area contributed by atoms with Gasteiger partial charge in [0.15, 0.2) is 0 Å². The molecule has 110 valence electrons. The van der Waals surface area contributed by atoms with Gasteiger partial charge in [0, 0.05) is 11.7 Å². The van der Waals surface area contributed by atoms with Crippen molar-refractivity contribution in [3.05, 3.63) is 53.3 Å². The average Bonchev–Trinajstić information content (AvgIpc) is 2.43. The number of anilines is 2. The summed E-state index contributed by atoms with van der Waals surface area (Å²) >= 11 is 0. The fourth-order valence-corrected chi connectivity index (χ4v) is 2.00. The summed E-state index contributed by atoms with van der Waals surface area (Å²) in [4.78, 5) is 16.4. The van der Waals surface area contributed by atoms with Crippen molar-refractivity contribution in [2.75, 3.05) is 10.6 Å². The molecule has 1 amide bonds. The van der Waals surface area contributed by atoms with Crippen LogP contribution in [0.2, 0.25) is 0 Å². The molecule has 0 bridgehead atoms. The zero-order valence-corrected chi connectivity index (χ0v) is 12.9. The van der Waals surface area contributed by atoms with E-state index in [4.69, 9.17) is 0 Å². The summed E-state index contributed by atoms with van der Waals surface area (Å²) in [7, 11) is 0. The molecular weight excluding hydrogens is 262 g/mol. The molecule has 0 saturated carbocycles. The Morgan fingerprint density at radius 2 is 1.90 bits per heavy atom. The van der Waals surface area contributed by atoms with Gasteiger partial charge in [-0.05, 0) is 57.0 Å². The monoisotopic (exact) mass is 283 g/mol. The molecule has 21 heavy (non-hydrogen) atoms. The van der Waals surface area contributed by atoms with E-state index in [1.165, 1.54) is 0 Å². The highest BCUT2D eigenvalue weighted by Crippen LogP contribution is 2.17. The Balaban J connectivity index is 2.11. The lowest BCUT2D eigenvalue weighted by Crippen LogP contribution is -2.15. The summed E-state index contributed by atoms with van der Waals surface area (Å²) in [6, 6.07) is 9.91. The van der Waals surface area contributed by atoms with Gasteiger partial charge in [-0.1, -0.05) is 12.1 Å². The fraction of sp³-hybridized carbons (Fsp3) is 0.294. The van der Waals surface area contributed by atoms with E-state index >= 15 is 0 Å². The Hall–Kier alpha value is -2.36. The molecule has 1 heterocycles. The molecule has 1 aromatic carbocycles. The number of carbonyl (C=O) groups excluding carboxylic acids is 1. The summed E-state index contributed by atoms with van der Waals surface area (Å²) in [5, 5.41) is 6.15. The molecule has 0 saturated heterocycles. The summed E-state index contributed by atoms with van der Waals surface area (Å²) in [5.74, 6) is -0.195. The van der Waals surface area contributed by atoms with Crippen molar-refractivity contribution < 1.29 is 4.79 Å². The highest BCUT2D eigenvalue weighted by molar-refractivity contribution is 6.03. The third kappa shape index (κ3) is 4.05. The molecule has 0 aliphatic carbocycles. The maximum Gasteiger partial charge on any atom is 0.274 e. The van der Waals surface area contributed by atoms with Crippen molar-refractivity contribution in [2.24, 2.45) is 0 Å². The minimum Gasteiger partial charge on any atom is -0.382 e. The minimum atomic E-state index is -0.195. The van der Waals surface area contributed by atoms with Crippen LogP contribution in [0, 0.1) is 13.8 Å². The number of benzene rings is 1. The molecule has 0 unspecified atom stereocenters. The van der Waals surface area contributed by atoms with E-state index in [1.54, 1.807) is 12.3 Å². The number of hydrogen-bond acceptors (Lipinski definition) is 3. The average molecular weight is 283 g/mol. The van der Waals surface area contributed by atoms with Crippen LogP contribution < -0.4 is 10.6 Å². The molecule has 4 nitrogen and oxygen atoms in total. The number of aromatic nitrogens is 1. The normalized spacial score (nSPS) is 10.5. The summed E-state index contributed by atoms with van der Waals surface area (Å²) in [6.45, 7) is 8.08. The van der Waals surface area contributed by atoms with E-state index in [-0.39, 0.29) is 5.91 Å². The number of nitrogens with one attached hydrogen (secondary N) is 2. The number of hydrogen-bond donors (Lipinski definition) is 2. The first-order valence-corrected chi connectivity index (χ1v) is 7.07. The summed E-state index contributed by atoms with van der Waals surface area (Å²) in [6.07, 6.45) is 1.68. The van der Waals surface area contributed by atoms with Crippen molar-refractivity contribution in [1.29, 1.82) is 0 Å². The smallest absolute Gasteiger partial charge is 0.274 e. The second kappa shape index (κ2) is 6.39. The lowest BCUT2D eigenvalue weighted by atomic mass is 10.1. The number of amides is 1. The molecular formula is C17H21N3O. The molecule has 1 aromatic heterocycles. The first-order chi connectivity index (χ1) is 9.95. The first-order valence-electron chi connectivity index (χ1n) is 7.07. The number of carbonyl (C=O) groups is 1. The predicted octanol–water partition coefficient (Wildman–Crippen LogP) is 3.77. The number of pyridine rings is 1. The van der Waals surface area contributed by atoms with Gasteiger partial charge in [0.25, 0.3) is 5.91 Å². The number of nitrogens with zero attached hydrogens (tertiary/aromatic N) is 1. The van der Waals surface area contributed by atoms with Gasteiger partial charge in [0.1, 0.15) is 5.69 Å². The molecule has 0 spiro atoms. The van der Waals surface area contributed by atoms with Crippen molar-refractivity contribution in [2.45, 2.75) is 33.7 Å². The highest BCUT2D eigenvalue weighted by Gasteiger charge is 2.09. The fourth-order valence-electron chi connectivity index (χ4n) is 2.00. The lowest BCUT2D eigenvalue weighted by Gasteiger charge is -2.11. The van der Waals surface area contributed by atoms with Crippen LogP contribution in [-0.4, -0.2) is 16.9 Å². The second-order valence-corrected chi connectivity index (χ2v) is 5.50. The number of rotatable bonds is 4. The van der Waals surface area contributed by atoms with E-state index in [9.17, 15) is 4.79 Å². The van der Waals surface area contributed by atoms with Gasteiger partial charge in [-0.15, -0.1) is 0 Å². The molecule has 4 heteroatoms. The van der Waals surface area contributed by atoms with Crippen molar-refractivity contribution in [1.82, 2.24) is 4.98 Å². The van der Waals surface area contributed by atoms with Gasteiger partial charge in [-0.25, -0.2) is 4.98 Å². The maximum absolute atomic E-state index is 12.2. The van der Waals surface area contributed by atoms with Crippen LogP contribution in [0.5, 0.6) is 0 Å². The van der Waals surface area contributed by atoms with E-state index in [0.29, 0.717) is 11.7 Å². The highest BCUT2D eigenvalue weighted by atomic mass is 16.1. The quantitative estimate of drug-likeness (QED) is 0.898. The SMILES string of the molecule is Cc1ccc(C)c(NC(=O)c2ccc(NC(C)C)cn2)c1. The van der Waals surface area contributed by atoms with Crippen LogP contribution in [-0.2, 0) is 0 Å². The van der Waals surface area contributed by atoms with Crippen LogP contribution in [0.15, 0.2) is 36.5 Å². The Labute approximate surface area is 125 Å². The first kappa shape index (κ1) is 15.0. The van der Waals surface area contributed by atoms with Gasteiger partial charge in [-0.2, -0.15) is 0 Å². The van der Waals surface area contributed by atoms with Crippen molar-refractivity contribution in [3.63, 3.8) is 0 Å². The molecule has 0 radical (unpaired) electrons. The van der Waals surface area contributed by atoms with Gasteiger partial charge in [0.2, 0.25) is 0 Å². The predicted molar refractivity (Wildman–Crippen MR) is 86.9 cm³/mol. The zero-order valence-electron chi connectivity index (χ0n) is 12.9. The minimum absolute atomic E-state index is 0.195. The summed E-state index contributed by atoms with van der Waals surface area (Å²) in [5.41, 5.74) is 4.29. The van der Waals surface area contributed by atoms with Gasteiger partial charge in [-0.3, -0.25) is 4.79 Å². The third-order valence-corrected chi connectivity index (χ3v) is 3.09. The Morgan fingerprint density at radius 3 is 2.52 bits per heavy atom. The number of aryl methyl sites for hydroxylation is 2. The second-order valence-electron chi connectivity index (χ2n) is 5.50. The van der Waals surface area contributed by atoms with Crippen molar-refractivity contribution >= 4 is 17.3 Å². The lowest BCUT2D eigenvalue weighted by molar-refractivity contribution is 0.102. The van der Waals surface area contributed by atoms with Crippen LogP contribution in [0.3, 0.4) is 0 Å². The van der Waals surface area contributed by atoms with E-state index in [2.05, 4.69) is 29.5 Å². The molecule has 2 rings (SSSR count). The van der Waals surface area contributed by atoms with Gasteiger partial charge in [0.05, 0.1) is 11.9 Å². The van der Waals surface area contributed by atoms with E-state index < -0.39 is 0 Å². The van der Waals surface area contributed by atoms with Crippen LogP contribution in [0.25, 0.3) is 0 Å². The van der Waals surface area contributed by atoms with Gasteiger partial charge < -0.3 is 10.6 Å². The molecule has 0 fully saturated rings. The molecule has 0 aliphatic rings. The standard InChI is InChI=1S/C17H21N3O/c1-11(2)19-14-7-8-15(18-10-14)17(21)20-16-9-12(3)5-6-13(16)4/h5-11,19H,1-4H3,(H,20,21). The Kier molecular flexibility index (Phi) is 4.58. The van der Waals surface area contributed by atoms with Crippen LogP contribution in [0.1, 0.15) is 35.5 Å². The molecule has 0 atom stereocenters. The van der Waals surface area contributed by atoms with Crippen LogP contribution >= 0.6 is 0 Å². The van der Waals surface area contributed by atoms with Crippen LogP contribution in [0.4, 0.5) is 11.4 Å². The third-order valence-electron chi connectivity index (χ3n) is 3.09. The topological polar surface area (TPSA) is 54.0 Å².